The molecule has 0 saturated heterocycles. The van der Waals surface area contributed by atoms with Crippen LogP contribution in [0.3, 0.4) is 0 Å². The van der Waals surface area contributed by atoms with Crippen LogP contribution in [0.25, 0.3) is 0 Å². The zero-order chi connectivity index (χ0) is 20.2. The topological polar surface area (TPSA) is 83.8 Å². The number of methoxy groups -OCH3 is 1. The van der Waals surface area contributed by atoms with Crippen molar-refractivity contribution >= 4 is 11.8 Å². The highest BCUT2D eigenvalue weighted by atomic mass is 16.5. The first kappa shape index (κ1) is 23.2. The molecule has 0 aromatic heterocycles. The molecule has 0 heterocycles. The number of ketones is 1. The molecule has 2 N–H and O–H groups in total. The number of aliphatic hydroxyl groups excluding tert-OH is 2. The number of rotatable bonds is 13. The van der Waals surface area contributed by atoms with E-state index in [1.165, 1.54) is 13.2 Å². The van der Waals surface area contributed by atoms with Crippen molar-refractivity contribution in [2.45, 2.75) is 77.7 Å². The van der Waals surface area contributed by atoms with E-state index in [2.05, 4.69) is 11.7 Å². The lowest BCUT2D eigenvalue weighted by Crippen LogP contribution is -2.16. The first-order valence-corrected chi connectivity index (χ1v) is 10.0. The summed E-state index contributed by atoms with van der Waals surface area (Å²) in [5.74, 6) is -0.0947. The van der Waals surface area contributed by atoms with E-state index in [-0.39, 0.29) is 23.4 Å². The van der Waals surface area contributed by atoms with Crippen molar-refractivity contribution in [3.05, 3.63) is 35.1 Å². The van der Waals surface area contributed by atoms with Gasteiger partial charge in [-0.15, -0.1) is 0 Å². The largest absolute Gasteiger partial charge is 0.507 e. The molecule has 5 nitrogen and oxygen atoms in total. The molecule has 0 fully saturated rings. The van der Waals surface area contributed by atoms with Gasteiger partial charge in [0.05, 0.1) is 13.2 Å². The predicted octanol–water partition coefficient (Wildman–Crippen LogP) is 4.56. The highest BCUT2D eigenvalue weighted by molar-refractivity contribution is 6.09. The van der Waals surface area contributed by atoms with Gasteiger partial charge in [-0.3, -0.25) is 9.59 Å². The molecule has 152 valence electrons. The lowest BCUT2D eigenvalue weighted by Gasteiger charge is -2.16. The van der Waals surface area contributed by atoms with Gasteiger partial charge in [0.15, 0.2) is 5.78 Å². The van der Waals surface area contributed by atoms with E-state index < -0.39 is 6.10 Å². The van der Waals surface area contributed by atoms with Crippen LogP contribution in [-0.2, 0) is 14.3 Å². The third kappa shape index (κ3) is 8.12. The number of unbranched alkanes of at least 4 members (excludes halogenated alkanes) is 3. The number of carbonyl (C=O) groups excluding carboxylic acids is 2. The van der Waals surface area contributed by atoms with E-state index >= 15 is 0 Å². The van der Waals surface area contributed by atoms with Gasteiger partial charge in [-0.1, -0.05) is 45.3 Å². The van der Waals surface area contributed by atoms with Crippen molar-refractivity contribution < 1.29 is 24.5 Å². The summed E-state index contributed by atoms with van der Waals surface area (Å²) < 4.78 is 4.61. The van der Waals surface area contributed by atoms with Gasteiger partial charge in [0.2, 0.25) is 0 Å². The Bertz CT molecular complexity index is 586. The number of hydrogen-bond donors (Lipinski definition) is 2. The second kappa shape index (κ2) is 12.5. The summed E-state index contributed by atoms with van der Waals surface area (Å²) in [6.45, 7) is 4.13. The van der Waals surface area contributed by atoms with Crippen molar-refractivity contribution in [3.63, 3.8) is 0 Å². The van der Waals surface area contributed by atoms with E-state index in [1.807, 2.05) is 13.0 Å². The van der Waals surface area contributed by atoms with Crippen LogP contribution >= 0.6 is 0 Å². The van der Waals surface area contributed by atoms with Crippen LogP contribution in [0.1, 0.15) is 71.6 Å². The van der Waals surface area contributed by atoms with E-state index in [1.54, 1.807) is 6.08 Å². The third-order valence-corrected chi connectivity index (χ3v) is 5.01. The molecule has 1 rings (SSSR count). The Morgan fingerprint density at radius 1 is 1.26 bits per heavy atom. The van der Waals surface area contributed by atoms with Crippen molar-refractivity contribution in [2.24, 2.45) is 5.92 Å². The second-order valence-corrected chi connectivity index (χ2v) is 7.25. The Morgan fingerprint density at radius 2 is 1.96 bits per heavy atom. The minimum atomic E-state index is -0.414. The normalized spacial score (nSPS) is 16.7. The van der Waals surface area contributed by atoms with Crippen LogP contribution in [0.15, 0.2) is 35.1 Å². The zero-order valence-electron chi connectivity index (χ0n) is 16.9. The van der Waals surface area contributed by atoms with Crippen LogP contribution in [0.4, 0.5) is 0 Å². The lowest BCUT2D eigenvalue weighted by atomic mass is 9.96. The Kier molecular flexibility index (Phi) is 10.7. The van der Waals surface area contributed by atoms with E-state index in [4.69, 9.17) is 0 Å². The van der Waals surface area contributed by atoms with E-state index in [9.17, 15) is 19.8 Å². The number of aliphatic hydroxyl groups is 2. The highest BCUT2D eigenvalue weighted by Gasteiger charge is 2.22. The summed E-state index contributed by atoms with van der Waals surface area (Å²) in [6.07, 6.45) is 11.4. The van der Waals surface area contributed by atoms with Gasteiger partial charge in [-0.05, 0) is 38.0 Å². The average molecular weight is 379 g/mol. The second-order valence-electron chi connectivity index (χ2n) is 7.25. The van der Waals surface area contributed by atoms with Gasteiger partial charge in [0, 0.05) is 23.6 Å². The molecule has 0 aromatic rings. The Labute approximate surface area is 162 Å². The molecular formula is C22H34O5. The van der Waals surface area contributed by atoms with Crippen molar-refractivity contribution in [2.75, 3.05) is 7.11 Å². The molecular weight excluding hydrogens is 344 g/mol. The van der Waals surface area contributed by atoms with Gasteiger partial charge >= 0.3 is 5.97 Å². The minimum Gasteiger partial charge on any atom is -0.507 e. The molecule has 0 bridgehead atoms. The van der Waals surface area contributed by atoms with Crippen molar-refractivity contribution in [1.29, 1.82) is 0 Å². The monoisotopic (exact) mass is 378 g/mol. The first-order valence-electron chi connectivity index (χ1n) is 10.0. The molecule has 0 aliphatic heterocycles. The zero-order valence-corrected chi connectivity index (χ0v) is 16.9. The number of allylic oxidation sites excluding steroid dienone is 3. The number of hydrogen-bond acceptors (Lipinski definition) is 5. The molecule has 0 saturated carbocycles. The molecule has 1 aliphatic carbocycles. The van der Waals surface area contributed by atoms with Crippen LogP contribution in [0.2, 0.25) is 0 Å². The fraction of sp³-hybridized carbons (Fsp3) is 0.636. The quantitative estimate of drug-likeness (QED) is 0.362. The van der Waals surface area contributed by atoms with E-state index in [0.29, 0.717) is 30.4 Å². The van der Waals surface area contributed by atoms with E-state index in [0.717, 1.165) is 38.5 Å². The summed E-state index contributed by atoms with van der Waals surface area (Å²) >= 11 is 0. The Morgan fingerprint density at radius 3 is 2.63 bits per heavy atom. The van der Waals surface area contributed by atoms with Crippen LogP contribution in [0, 0.1) is 5.92 Å². The summed E-state index contributed by atoms with van der Waals surface area (Å²) in [6, 6.07) is 0. The molecule has 2 atom stereocenters. The Balaban J connectivity index is 2.51. The third-order valence-electron chi connectivity index (χ3n) is 5.01. The molecule has 0 unspecified atom stereocenters. The summed E-state index contributed by atoms with van der Waals surface area (Å²) in [5.41, 5.74) is 1.21. The van der Waals surface area contributed by atoms with Gasteiger partial charge in [-0.2, -0.15) is 0 Å². The molecule has 5 heteroatoms. The molecule has 27 heavy (non-hydrogen) atoms. The molecule has 0 amide bonds. The van der Waals surface area contributed by atoms with Gasteiger partial charge in [-0.25, -0.2) is 0 Å². The minimum absolute atomic E-state index is 0.00744. The highest BCUT2D eigenvalue weighted by Crippen LogP contribution is 2.28. The molecule has 0 radical (unpaired) electrons. The molecule has 0 aromatic carbocycles. The summed E-state index contributed by atoms with van der Waals surface area (Å²) in [4.78, 5) is 23.2. The van der Waals surface area contributed by atoms with Crippen molar-refractivity contribution in [1.82, 2.24) is 0 Å². The van der Waals surface area contributed by atoms with Gasteiger partial charge in [0.1, 0.15) is 5.76 Å². The fourth-order valence-electron chi connectivity index (χ4n) is 3.25. The maximum Gasteiger partial charge on any atom is 0.305 e. The number of carbonyl (C=O) groups is 2. The predicted molar refractivity (Wildman–Crippen MR) is 106 cm³/mol. The lowest BCUT2D eigenvalue weighted by molar-refractivity contribution is -0.140. The number of esters is 1. The van der Waals surface area contributed by atoms with Gasteiger partial charge in [0.25, 0.3) is 0 Å². The average Bonchev–Trinajstić information content (AvgIpc) is 2.90. The SMILES string of the molecule is CCC[C@@H](C)[C@@H](O)C/C=C/C1=C(CCCCCCC(=O)OC)C(=O)C=C1O. The van der Waals surface area contributed by atoms with Crippen LogP contribution < -0.4 is 0 Å². The van der Waals surface area contributed by atoms with Gasteiger partial charge < -0.3 is 14.9 Å². The van der Waals surface area contributed by atoms with Crippen LogP contribution in [0.5, 0.6) is 0 Å². The maximum absolute atomic E-state index is 12.1. The van der Waals surface area contributed by atoms with Crippen LogP contribution in [-0.4, -0.2) is 35.2 Å². The number of ether oxygens (including phenoxy) is 1. The molecule has 0 spiro atoms. The standard InChI is InChI=1S/C22H34O5/c1-4-10-16(2)19(23)13-9-12-18-17(20(24)15-21(18)25)11-7-5-6-8-14-22(26)27-3/h9,12,15-16,19,23,25H,4-8,10-11,13-14H2,1-3H3/b12-9+/t16-,19+/m1/s1. The maximum atomic E-state index is 12.1. The fourth-order valence-corrected chi connectivity index (χ4v) is 3.25. The summed E-state index contributed by atoms with van der Waals surface area (Å²) in [5, 5.41) is 20.2. The first-order chi connectivity index (χ1) is 12.9. The summed E-state index contributed by atoms with van der Waals surface area (Å²) in [7, 11) is 1.39. The smallest absolute Gasteiger partial charge is 0.305 e. The Hall–Kier alpha value is -1.88. The molecule has 1 aliphatic rings. The van der Waals surface area contributed by atoms with Crippen molar-refractivity contribution in [3.8, 4) is 0 Å².